The van der Waals surface area contributed by atoms with Crippen LogP contribution in [0.25, 0.3) is 109 Å². The van der Waals surface area contributed by atoms with E-state index >= 15 is 0 Å². The van der Waals surface area contributed by atoms with Crippen LogP contribution in [0.5, 0.6) is 0 Å². The number of fused-ring (bicyclic) bond motifs is 10. The molecule has 0 aliphatic rings. The van der Waals surface area contributed by atoms with Crippen molar-refractivity contribution in [2.75, 3.05) is 0 Å². The maximum atomic E-state index is 5.34. The molecule has 9 aromatic carbocycles. The van der Waals surface area contributed by atoms with Crippen LogP contribution in [0, 0.1) is 0 Å². The minimum Gasteiger partial charge on any atom is -0.208 e. The minimum atomic E-state index is 0.651. The molecule has 2 heterocycles. The summed E-state index contributed by atoms with van der Waals surface area (Å²) < 4.78 is 2.53. The van der Waals surface area contributed by atoms with Crippen LogP contribution in [-0.4, -0.2) is 15.0 Å². The zero-order chi connectivity index (χ0) is 34.9. The van der Waals surface area contributed by atoms with Crippen molar-refractivity contribution in [2.24, 2.45) is 0 Å². The van der Waals surface area contributed by atoms with Gasteiger partial charge in [-0.1, -0.05) is 158 Å². The molecule has 2 aromatic heterocycles. The molecule has 11 rings (SSSR count). The Hall–Kier alpha value is -6.75. The van der Waals surface area contributed by atoms with E-state index in [4.69, 9.17) is 15.0 Å². The van der Waals surface area contributed by atoms with E-state index in [2.05, 4.69) is 158 Å². The molecular formula is C49H29N3S. The molecule has 0 bridgehead atoms. The van der Waals surface area contributed by atoms with Crippen LogP contribution in [0.3, 0.4) is 0 Å². The summed E-state index contributed by atoms with van der Waals surface area (Å²) in [6.45, 7) is 0. The zero-order valence-corrected chi connectivity index (χ0v) is 29.3. The van der Waals surface area contributed by atoms with Crippen LogP contribution >= 0.6 is 11.3 Å². The van der Waals surface area contributed by atoms with Crippen LogP contribution in [0.2, 0.25) is 0 Å². The molecule has 0 spiro atoms. The first-order valence-electron chi connectivity index (χ1n) is 17.9. The molecule has 0 saturated carbocycles. The summed E-state index contributed by atoms with van der Waals surface area (Å²) >= 11 is 1.88. The van der Waals surface area contributed by atoms with Crippen molar-refractivity contribution in [2.45, 2.75) is 0 Å². The fraction of sp³-hybridized carbons (Fsp3) is 0. The van der Waals surface area contributed by atoms with Crippen molar-refractivity contribution in [1.82, 2.24) is 15.0 Å². The molecule has 0 N–H and O–H groups in total. The van der Waals surface area contributed by atoms with Gasteiger partial charge in [0, 0.05) is 42.2 Å². The summed E-state index contributed by atoms with van der Waals surface area (Å²) in [7, 11) is 0. The van der Waals surface area contributed by atoms with E-state index in [1.807, 2.05) is 29.5 Å². The Kier molecular flexibility index (Phi) is 6.73. The van der Waals surface area contributed by atoms with Crippen molar-refractivity contribution in [3.05, 3.63) is 176 Å². The topological polar surface area (TPSA) is 38.7 Å². The summed E-state index contributed by atoms with van der Waals surface area (Å²) in [5.74, 6) is 1.97. The van der Waals surface area contributed by atoms with Gasteiger partial charge < -0.3 is 0 Å². The molecule has 3 nitrogen and oxygen atoms in total. The first-order chi connectivity index (χ1) is 26.2. The van der Waals surface area contributed by atoms with Gasteiger partial charge in [0.25, 0.3) is 0 Å². The van der Waals surface area contributed by atoms with Gasteiger partial charge in [-0.25, -0.2) is 15.0 Å². The standard InChI is InChI=1S/C49H29N3S/c1-3-11-30(12-4-1)35-22-19-31-20-24-37(28-38(31)27-35)48-50-47(34-15-5-2-6-16-34)51-49(52-48)42-29-36-23-21-32-13-7-9-17-39(32)43(36)46-44(42)41-26-25-33-14-8-10-18-40(33)45(41)53-46/h1-29H. The van der Waals surface area contributed by atoms with Crippen molar-refractivity contribution in [1.29, 1.82) is 0 Å². The summed E-state index contributed by atoms with van der Waals surface area (Å²) in [5.41, 5.74) is 5.29. The van der Waals surface area contributed by atoms with E-state index < -0.39 is 0 Å². The number of benzene rings is 9. The van der Waals surface area contributed by atoms with Gasteiger partial charge in [-0.3, -0.25) is 0 Å². The highest BCUT2D eigenvalue weighted by atomic mass is 32.1. The molecule has 0 fully saturated rings. The smallest absolute Gasteiger partial charge is 0.164 e. The van der Waals surface area contributed by atoms with E-state index in [1.165, 1.54) is 69.0 Å². The highest BCUT2D eigenvalue weighted by molar-refractivity contribution is 7.27. The number of aromatic nitrogens is 3. The van der Waals surface area contributed by atoms with Crippen LogP contribution in [0.1, 0.15) is 0 Å². The Bertz CT molecular complexity index is 3220. The summed E-state index contributed by atoms with van der Waals surface area (Å²) in [6.07, 6.45) is 0. The molecule has 0 aliphatic heterocycles. The van der Waals surface area contributed by atoms with Gasteiger partial charge in [-0.15, -0.1) is 11.3 Å². The van der Waals surface area contributed by atoms with E-state index in [0.29, 0.717) is 17.5 Å². The molecule has 0 saturated heterocycles. The minimum absolute atomic E-state index is 0.651. The molecule has 0 amide bonds. The Balaban J connectivity index is 1.21. The average molecular weight is 692 g/mol. The van der Waals surface area contributed by atoms with E-state index in [0.717, 1.165) is 22.1 Å². The second-order valence-corrected chi connectivity index (χ2v) is 14.6. The second kappa shape index (κ2) is 11.9. The Morgan fingerprint density at radius 1 is 0.302 bits per heavy atom. The SMILES string of the molecule is c1ccc(-c2ccc3ccc(-c4nc(-c5ccccc5)nc(-c5cc6ccc7ccccc7c6c6sc7c8ccccc8ccc7c56)n4)cc3c2)cc1. The van der Waals surface area contributed by atoms with Gasteiger partial charge in [0.1, 0.15) is 0 Å². The maximum absolute atomic E-state index is 5.34. The number of thiophene rings is 1. The lowest BCUT2D eigenvalue weighted by Crippen LogP contribution is -2.00. The Morgan fingerprint density at radius 3 is 1.66 bits per heavy atom. The van der Waals surface area contributed by atoms with Crippen LogP contribution in [-0.2, 0) is 0 Å². The third-order valence-electron chi connectivity index (χ3n) is 10.5. The highest BCUT2D eigenvalue weighted by Crippen LogP contribution is 2.47. The van der Waals surface area contributed by atoms with Gasteiger partial charge >= 0.3 is 0 Å². The van der Waals surface area contributed by atoms with Crippen LogP contribution in [0.4, 0.5) is 0 Å². The lowest BCUT2D eigenvalue weighted by Gasteiger charge is -2.13. The number of nitrogens with zero attached hydrogens (tertiary/aromatic N) is 3. The van der Waals surface area contributed by atoms with E-state index in [1.54, 1.807) is 0 Å². The van der Waals surface area contributed by atoms with Crippen LogP contribution < -0.4 is 0 Å². The third-order valence-corrected chi connectivity index (χ3v) is 11.7. The third kappa shape index (κ3) is 4.91. The molecule has 0 aliphatic carbocycles. The number of hydrogen-bond acceptors (Lipinski definition) is 4. The predicted molar refractivity (Wildman–Crippen MR) is 224 cm³/mol. The summed E-state index contributed by atoms with van der Waals surface area (Å²) in [6, 6.07) is 62.6. The lowest BCUT2D eigenvalue weighted by atomic mass is 9.95. The van der Waals surface area contributed by atoms with Gasteiger partial charge in [0.05, 0.1) is 0 Å². The lowest BCUT2D eigenvalue weighted by molar-refractivity contribution is 1.08. The Morgan fingerprint density at radius 2 is 0.868 bits per heavy atom. The molecule has 246 valence electrons. The normalized spacial score (nSPS) is 11.8. The fourth-order valence-electron chi connectivity index (χ4n) is 7.87. The quantitative estimate of drug-likeness (QED) is 0.172. The van der Waals surface area contributed by atoms with Crippen molar-refractivity contribution >= 4 is 74.6 Å². The Labute approximate surface area is 309 Å². The predicted octanol–water partition coefficient (Wildman–Crippen LogP) is 13.5. The van der Waals surface area contributed by atoms with Crippen molar-refractivity contribution < 1.29 is 0 Å². The molecule has 53 heavy (non-hydrogen) atoms. The zero-order valence-electron chi connectivity index (χ0n) is 28.5. The molecule has 0 radical (unpaired) electrons. The second-order valence-electron chi connectivity index (χ2n) is 13.6. The van der Waals surface area contributed by atoms with Crippen LogP contribution in [0.15, 0.2) is 176 Å². The van der Waals surface area contributed by atoms with Crippen molar-refractivity contribution in [3.8, 4) is 45.3 Å². The fourth-order valence-corrected chi connectivity index (χ4v) is 9.30. The van der Waals surface area contributed by atoms with E-state index in [-0.39, 0.29) is 0 Å². The van der Waals surface area contributed by atoms with Gasteiger partial charge in [-0.05, 0) is 67.0 Å². The molecule has 0 atom stereocenters. The molecule has 4 heteroatoms. The van der Waals surface area contributed by atoms with Crippen molar-refractivity contribution in [3.63, 3.8) is 0 Å². The summed E-state index contributed by atoms with van der Waals surface area (Å²) in [5, 5.41) is 12.1. The summed E-state index contributed by atoms with van der Waals surface area (Å²) in [4.78, 5) is 15.7. The highest BCUT2D eigenvalue weighted by Gasteiger charge is 2.21. The monoisotopic (exact) mass is 691 g/mol. The maximum Gasteiger partial charge on any atom is 0.164 e. The number of rotatable bonds is 4. The average Bonchev–Trinajstić information content (AvgIpc) is 3.63. The first-order valence-corrected chi connectivity index (χ1v) is 18.7. The molecular weight excluding hydrogens is 663 g/mol. The molecule has 11 aromatic rings. The largest absolute Gasteiger partial charge is 0.208 e. The van der Waals surface area contributed by atoms with Gasteiger partial charge in [-0.2, -0.15) is 0 Å². The van der Waals surface area contributed by atoms with Gasteiger partial charge in [0.15, 0.2) is 17.5 Å². The number of hydrogen-bond donors (Lipinski definition) is 0. The first kappa shape index (κ1) is 29.9. The molecule has 0 unspecified atom stereocenters. The van der Waals surface area contributed by atoms with E-state index in [9.17, 15) is 0 Å². The van der Waals surface area contributed by atoms with Gasteiger partial charge in [0.2, 0.25) is 0 Å².